The average molecular weight is 801 g/mol. The van der Waals surface area contributed by atoms with Crippen molar-refractivity contribution in [2.24, 2.45) is 0 Å². The molecule has 0 aliphatic carbocycles. The number of halogens is 3. The highest BCUT2D eigenvalue weighted by Gasteiger charge is 2.21. The number of hydrogen-bond acceptors (Lipinski definition) is 8. The lowest BCUT2D eigenvalue weighted by Crippen LogP contribution is -2.34. The zero-order valence-corrected chi connectivity index (χ0v) is 33.0. The van der Waals surface area contributed by atoms with Crippen LogP contribution in [0.15, 0.2) is 119 Å². The van der Waals surface area contributed by atoms with E-state index in [-0.39, 0.29) is 47.1 Å². The van der Waals surface area contributed by atoms with Crippen molar-refractivity contribution in [2.45, 2.75) is 51.7 Å². The maximum atomic E-state index is 13.5. The standard InChI is InChI=1S/C27H25F2N3OS.C17H21NO3.ClH/c1-18-24(26(33)32-16-17-34-27(32)30-18)12-15-31-13-10-21(11-14-31)25(19-2-6-22(28)7-3-19)20-4-8-23(29)9-5-20;1-12(17(21)14-4-8-16(20)9-5-14)18-11-10-13-2-6-15(19)7-3-13;/h2-9,16-17H,10-15H2,1H3;2-9,12,17-21H,10-11H2,1H3;1H/t;12-,17-;/m.0./s1. The van der Waals surface area contributed by atoms with Crippen molar-refractivity contribution >= 4 is 34.3 Å². The summed E-state index contributed by atoms with van der Waals surface area (Å²) in [7, 11) is 0. The van der Waals surface area contributed by atoms with Crippen LogP contribution in [0.5, 0.6) is 11.5 Å². The van der Waals surface area contributed by atoms with Gasteiger partial charge in [0.15, 0.2) is 4.96 Å². The maximum Gasteiger partial charge on any atom is 0.261 e. The van der Waals surface area contributed by atoms with E-state index >= 15 is 0 Å². The van der Waals surface area contributed by atoms with Crippen LogP contribution >= 0.6 is 23.7 Å². The number of phenolic OH excluding ortho intramolecular Hbond substituents is 2. The van der Waals surface area contributed by atoms with E-state index in [9.17, 15) is 28.9 Å². The fourth-order valence-electron chi connectivity index (χ4n) is 6.86. The molecule has 0 amide bonds. The highest BCUT2D eigenvalue weighted by Crippen LogP contribution is 2.33. The fraction of sp³-hybridized carbons (Fsp3) is 0.273. The van der Waals surface area contributed by atoms with Crippen molar-refractivity contribution in [1.29, 1.82) is 0 Å². The number of fused-ring (bicyclic) bond motifs is 1. The Hall–Kier alpha value is -4.91. The van der Waals surface area contributed by atoms with Crippen LogP contribution < -0.4 is 10.9 Å². The van der Waals surface area contributed by atoms with E-state index < -0.39 is 6.10 Å². The molecule has 3 heterocycles. The molecule has 0 bridgehead atoms. The molecule has 0 unspecified atom stereocenters. The second-order valence-corrected chi connectivity index (χ2v) is 14.7. The minimum atomic E-state index is -0.620. The Labute approximate surface area is 335 Å². The van der Waals surface area contributed by atoms with Gasteiger partial charge in [-0.1, -0.05) is 54.1 Å². The number of nitrogens with zero attached hydrogens (tertiary/aromatic N) is 3. The van der Waals surface area contributed by atoms with E-state index in [1.165, 1.54) is 41.2 Å². The lowest BCUT2D eigenvalue weighted by Gasteiger charge is -2.30. The van der Waals surface area contributed by atoms with Gasteiger partial charge in [0, 0.05) is 48.5 Å². The minimum Gasteiger partial charge on any atom is -0.508 e. The number of benzene rings is 4. The first-order valence-corrected chi connectivity index (χ1v) is 19.3. The third-order valence-corrected chi connectivity index (χ3v) is 10.8. The first-order chi connectivity index (χ1) is 26.5. The predicted octanol–water partition coefficient (Wildman–Crippen LogP) is 8.26. The third-order valence-electron chi connectivity index (χ3n) is 10.0. The van der Waals surface area contributed by atoms with Crippen molar-refractivity contribution < 1.29 is 24.1 Å². The van der Waals surface area contributed by atoms with Gasteiger partial charge in [0.2, 0.25) is 0 Å². The van der Waals surface area contributed by atoms with Crippen LogP contribution in [0.3, 0.4) is 0 Å². The Morgan fingerprint density at radius 3 is 1.96 bits per heavy atom. The molecule has 56 heavy (non-hydrogen) atoms. The molecule has 7 rings (SSSR count). The van der Waals surface area contributed by atoms with Crippen molar-refractivity contribution in [3.8, 4) is 11.5 Å². The predicted molar refractivity (Wildman–Crippen MR) is 222 cm³/mol. The van der Waals surface area contributed by atoms with Gasteiger partial charge in [0.25, 0.3) is 5.56 Å². The molecule has 12 heteroatoms. The molecule has 1 fully saturated rings. The molecule has 294 valence electrons. The van der Waals surface area contributed by atoms with Crippen molar-refractivity contribution in [3.05, 3.63) is 170 Å². The number of aryl methyl sites for hydroxylation is 1. The topological polar surface area (TPSA) is 110 Å². The molecular weight excluding hydrogens is 754 g/mol. The minimum absolute atomic E-state index is 0. The number of phenols is 2. The Kier molecular flexibility index (Phi) is 14.9. The summed E-state index contributed by atoms with van der Waals surface area (Å²) >= 11 is 1.47. The van der Waals surface area contributed by atoms with Gasteiger partial charge in [-0.3, -0.25) is 9.20 Å². The number of piperidine rings is 1. The smallest absolute Gasteiger partial charge is 0.261 e. The van der Waals surface area contributed by atoms with Crippen LogP contribution in [0, 0.1) is 18.6 Å². The molecule has 2 atom stereocenters. The number of hydrogen-bond donors (Lipinski definition) is 4. The summed E-state index contributed by atoms with van der Waals surface area (Å²) in [5.74, 6) is -0.0894. The van der Waals surface area contributed by atoms with Crippen molar-refractivity contribution in [3.63, 3.8) is 0 Å². The summed E-state index contributed by atoms with van der Waals surface area (Å²) in [6, 6.07) is 26.6. The zero-order chi connectivity index (χ0) is 38.9. The number of rotatable bonds is 11. The SMILES string of the molecule is C[C@H](NCCc1ccc(O)cc1)[C@H](O)c1ccc(O)cc1.Cc1nc2sccn2c(=O)c1CCN1CCC(=C(c2ccc(F)cc2)c2ccc(F)cc2)CC1.Cl. The maximum absolute atomic E-state index is 13.5. The number of aliphatic hydroxyl groups is 1. The molecule has 2 aromatic heterocycles. The number of aliphatic hydroxyl groups excluding tert-OH is 1. The van der Waals surface area contributed by atoms with Crippen LogP contribution in [-0.4, -0.2) is 61.8 Å². The summed E-state index contributed by atoms with van der Waals surface area (Å²) in [5, 5.41) is 33.9. The summed E-state index contributed by atoms with van der Waals surface area (Å²) in [6.07, 6.45) is 4.38. The van der Waals surface area contributed by atoms with E-state index in [2.05, 4.69) is 15.2 Å². The quantitative estimate of drug-likeness (QED) is 0.105. The zero-order valence-electron chi connectivity index (χ0n) is 31.4. The molecule has 1 saturated heterocycles. The number of nitrogens with one attached hydrogen (secondary N) is 1. The molecule has 0 radical (unpaired) electrons. The number of likely N-dealkylation sites (tertiary alicyclic amines) is 1. The molecule has 4 aromatic carbocycles. The van der Waals surface area contributed by atoms with Crippen molar-refractivity contribution in [1.82, 2.24) is 19.6 Å². The van der Waals surface area contributed by atoms with Gasteiger partial charge in [-0.2, -0.15) is 0 Å². The Bertz CT molecular complexity index is 2200. The average Bonchev–Trinajstić information content (AvgIpc) is 3.67. The van der Waals surface area contributed by atoms with E-state index in [0.29, 0.717) is 6.42 Å². The number of aromatic hydroxyl groups is 2. The molecule has 1 aliphatic rings. The molecule has 4 N–H and O–H groups in total. The monoisotopic (exact) mass is 800 g/mol. The second-order valence-electron chi connectivity index (χ2n) is 13.8. The molecule has 8 nitrogen and oxygen atoms in total. The highest BCUT2D eigenvalue weighted by atomic mass is 35.5. The largest absolute Gasteiger partial charge is 0.508 e. The number of aromatic nitrogens is 2. The highest BCUT2D eigenvalue weighted by molar-refractivity contribution is 7.15. The van der Waals surface area contributed by atoms with E-state index in [1.807, 2.05) is 31.4 Å². The summed E-state index contributed by atoms with van der Waals surface area (Å²) in [5.41, 5.74) is 7.73. The Morgan fingerprint density at radius 1 is 0.839 bits per heavy atom. The summed E-state index contributed by atoms with van der Waals surface area (Å²) < 4.78 is 28.7. The summed E-state index contributed by atoms with van der Waals surface area (Å²) in [6.45, 7) is 7.11. The van der Waals surface area contributed by atoms with Gasteiger partial charge >= 0.3 is 0 Å². The molecule has 0 saturated carbocycles. The van der Waals surface area contributed by atoms with Crippen molar-refractivity contribution in [2.75, 3.05) is 26.2 Å². The van der Waals surface area contributed by atoms with Gasteiger partial charge < -0.3 is 25.5 Å². The molecule has 1 aliphatic heterocycles. The van der Waals surface area contributed by atoms with Gasteiger partial charge in [-0.25, -0.2) is 13.8 Å². The third kappa shape index (κ3) is 10.9. The first-order valence-electron chi connectivity index (χ1n) is 18.5. The normalized spacial score (nSPS) is 14.1. The van der Waals surface area contributed by atoms with Gasteiger partial charge in [0.05, 0.1) is 6.10 Å². The molecule has 0 spiro atoms. The van der Waals surface area contributed by atoms with E-state index in [4.69, 9.17) is 0 Å². The Morgan fingerprint density at radius 2 is 1.39 bits per heavy atom. The van der Waals surface area contributed by atoms with Gasteiger partial charge in [0.1, 0.15) is 23.1 Å². The van der Waals surface area contributed by atoms with Gasteiger partial charge in [-0.05, 0) is 122 Å². The van der Waals surface area contributed by atoms with Gasteiger partial charge in [-0.15, -0.1) is 23.7 Å². The van der Waals surface area contributed by atoms with Crippen LogP contribution in [0.2, 0.25) is 0 Å². The van der Waals surface area contributed by atoms with E-state index in [1.54, 1.807) is 71.3 Å². The Balaban J connectivity index is 0.000000236. The lowest BCUT2D eigenvalue weighted by atomic mass is 9.88. The van der Waals surface area contributed by atoms with Crippen LogP contribution in [0.25, 0.3) is 10.5 Å². The lowest BCUT2D eigenvalue weighted by molar-refractivity contribution is 0.136. The second kappa shape index (κ2) is 19.8. The first kappa shape index (κ1) is 42.2. The van der Waals surface area contributed by atoms with E-state index in [0.717, 1.165) is 89.5 Å². The fourth-order valence-corrected chi connectivity index (χ4v) is 7.61. The molecular formula is C44H47ClF2N4O4S. The number of thiazole rings is 1. The van der Waals surface area contributed by atoms with Crippen LogP contribution in [0.4, 0.5) is 8.78 Å². The summed E-state index contributed by atoms with van der Waals surface area (Å²) in [4.78, 5) is 20.5. The van der Waals surface area contributed by atoms with Crippen LogP contribution in [0.1, 0.15) is 59.4 Å². The molecule has 6 aromatic rings. The van der Waals surface area contributed by atoms with Crippen LogP contribution in [-0.2, 0) is 12.8 Å².